The van der Waals surface area contributed by atoms with Crippen LogP contribution in [0.5, 0.6) is 5.75 Å². The van der Waals surface area contributed by atoms with Gasteiger partial charge < -0.3 is 20.7 Å². The molecule has 0 spiro atoms. The molecule has 0 atom stereocenters. The highest BCUT2D eigenvalue weighted by atomic mass is 16.5. The quantitative estimate of drug-likeness (QED) is 0.676. The number of hydrogen-bond donors (Lipinski definition) is 3. The van der Waals surface area contributed by atoms with Crippen LogP contribution in [-0.2, 0) is 0 Å². The normalized spacial score (nSPS) is 10.2. The second-order valence-corrected chi connectivity index (χ2v) is 4.22. The Morgan fingerprint density at radius 2 is 1.89 bits per heavy atom. The minimum absolute atomic E-state index is 0.203. The van der Waals surface area contributed by atoms with Gasteiger partial charge in [-0.3, -0.25) is 0 Å². The maximum Gasteiger partial charge on any atom is 0.319 e. The van der Waals surface area contributed by atoms with Gasteiger partial charge in [0.1, 0.15) is 5.75 Å². The summed E-state index contributed by atoms with van der Waals surface area (Å²) in [5, 5.41) is 8.74. The van der Waals surface area contributed by atoms with Crippen LogP contribution in [0.3, 0.4) is 0 Å². The average molecular weight is 251 g/mol. The van der Waals surface area contributed by atoms with Gasteiger partial charge in [0.05, 0.1) is 7.11 Å². The SMILES string of the molecule is COc1ccc(NC(=O)NCCNC(C)C)cc1. The van der Waals surface area contributed by atoms with Crippen LogP contribution in [0.15, 0.2) is 24.3 Å². The highest BCUT2D eigenvalue weighted by Crippen LogP contribution is 2.14. The third kappa shape index (κ3) is 5.54. The molecule has 3 N–H and O–H groups in total. The predicted octanol–water partition coefficient (Wildman–Crippen LogP) is 1.81. The molecule has 5 heteroatoms. The fourth-order valence-corrected chi connectivity index (χ4v) is 1.39. The van der Waals surface area contributed by atoms with Gasteiger partial charge in [-0.05, 0) is 24.3 Å². The lowest BCUT2D eigenvalue weighted by Gasteiger charge is -2.10. The van der Waals surface area contributed by atoms with Gasteiger partial charge in [-0.2, -0.15) is 0 Å². The summed E-state index contributed by atoms with van der Waals surface area (Å²) in [6, 6.07) is 7.42. The smallest absolute Gasteiger partial charge is 0.319 e. The first-order valence-electron chi connectivity index (χ1n) is 6.04. The average Bonchev–Trinajstić information content (AvgIpc) is 2.35. The van der Waals surface area contributed by atoms with Crippen LogP contribution in [0, 0.1) is 0 Å². The fraction of sp³-hybridized carbons (Fsp3) is 0.462. The van der Waals surface area contributed by atoms with E-state index in [0.29, 0.717) is 12.6 Å². The van der Waals surface area contributed by atoms with E-state index < -0.39 is 0 Å². The van der Waals surface area contributed by atoms with Crippen molar-refractivity contribution in [2.45, 2.75) is 19.9 Å². The summed E-state index contributed by atoms with van der Waals surface area (Å²) in [5.74, 6) is 0.766. The molecule has 0 fully saturated rings. The zero-order chi connectivity index (χ0) is 13.4. The number of ether oxygens (including phenoxy) is 1. The van der Waals surface area contributed by atoms with E-state index >= 15 is 0 Å². The molecule has 0 heterocycles. The van der Waals surface area contributed by atoms with E-state index in [1.165, 1.54) is 0 Å². The van der Waals surface area contributed by atoms with Crippen molar-refractivity contribution in [1.29, 1.82) is 0 Å². The van der Waals surface area contributed by atoms with Gasteiger partial charge in [-0.1, -0.05) is 13.8 Å². The summed E-state index contributed by atoms with van der Waals surface area (Å²) in [6.07, 6.45) is 0. The van der Waals surface area contributed by atoms with E-state index in [9.17, 15) is 4.79 Å². The number of hydrogen-bond acceptors (Lipinski definition) is 3. The van der Waals surface area contributed by atoms with E-state index in [-0.39, 0.29) is 6.03 Å². The topological polar surface area (TPSA) is 62.4 Å². The number of amides is 2. The van der Waals surface area contributed by atoms with Crippen molar-refractivity contribution >= 4 is 11.7 Å². The third-order valence-corrected chi connectivity index (χ3v) is 2.31. The van der Waals surface area contributed by atoms with Crippen molar-refractivity contribution in [2.24, 2.45) is 0 Å². The molecule has 0 aliphatic rings. The second-order valence-electron chi connectivity index (χ2n) is 4.22. The van der Waals surface area contributed by atoms with Crippen molar-refractivity contribution in [3.63, 3.8) is 0 Å². The molecule has 0 unspecified atom stereocenters. The lowest BCUT2D eigenvalue weighted by Crippen LogP contribution is -2.36. The summed E-state index contributed by atoms with van der Waals surface area (Å²) in [5.41, 5.74) is 0.741. The first kappa shape index (κ1) is 14.3. The molecule has 1 aromatic rings. The number of urea groups is 1. The number of rotatable bonds is 6. The summed E-state index contributed by atoms with van der Waals surface area (Å²) >= 11 is 0. The lowest BCUT2D eigenvalue weighted by atomic mass is 10.3. The molecule has 0 aliphatic carbocycles. The highest BCUT2D eigenvalue weighted by Gasteiger charge is 2.01. The highest BCUT2D eigenvalue weighted by molar-refractivity contribution is 5.89. The molecule has 0 saturated heterocycles. The largest absolute Gasteiger partial charge is 0.497 e. The zero-order valence-electron chi connectivity index (χ0n) is 11.1. The van der Waals surface area contributed by atoms with Gasteiger partial charge in [0.2, 0.25) is 0 Å². The Bertz CT molecular complexity index is 363. The van der Waals surface area contributed by atoms with E-state index in [0.717, 1.165) is 18.0 Å². The number of anilines is 1. The number of methoxy groups -OCH3 is 1. The van der Waals surface area contributed by atoms with Crippen molar-refractivity contribution in [1.82, 2.24) is 10.6 Å². The molecule has 1 aromatic carbocycles. The van der Waals surface area contributed by atoms with Crippen LogP contribution < -0.4 is 20.7 Å². The Balaban J connectivity index is 2.26. The van der Waals surface area contributed by atoms with Crippen molar-refractivity contribution in [3.05, 3.63) is 24.3 Å². The second kappa shape index (κ2) is 7.55. The molecule has 0 radical (unpaired) electrons. The fourth-order valence-electron chi connectivity index (χ4n) is 1.39. The molecule has 5 nitrogen and oxygen atoms in total. The summed E-state index contributed by atoms with van der Waals surface area (Å²) in [7, 11) is 1.61. The maximum atomic E-state index is 11.5. The molecular formula is C13H21N3O2. The van der Waals surface area contributed by atoms with Crippen LogP contribution in [-0.4, -0.2) is 32.3 Å². The molecule has 0 saturated carbocycles. The van der Waals surface area contributed by atoms with Crippen molar-refractivity contribution in [3.8, 4) is 5.75 Å². The van der Waals surface area contributed by atoms with Crippen molar-refractivity contribution < 1.29 is 9.53 Å². The zero-order valence-corrected chi connectivity index (χ0v) is 11.1. The number of nitrogens with one attached hydrogen (secondary N) is 3. The Morgan fingerprint density at radius 3 is 2.44 bits per heavy atom. The van der Waals surface area contributed by atoms with Crippen LogP contribution in [0.2, 0.25) is 0 Å². The third-order valence-electron chi connectivity index (χ3n) is 2.31. The predicted molar refractivity (Wildman–Crippen MR) is 73.2 cm³/mol. The summed E-state index contributed by atoms with van der Waals surface area (Å²) in [4.78, 5) is 11.5. The van der Waals surface area contributed by atoms with Crippen LogP contribution in [0.25, 0.3) is 0 Å². The van der Waals surface area contributed by atoms with Gasteiger partial charge >= 0.3 is 6.03 Å². The molecule has 1 rings (SSSR count). The standard InChI is InChI=1S/C13H21N3O2/c1-10(2)14-8-9-15-13(17)16-11-4-6-12(18-3)7-5-11/h4-7,10,14H,8-9H2,1-3H3,(H2,15,16,17). The minimum atomic E-state index is -0.203. The first-order valence-corrected chi connectivity index (χ1v) is 6.04. The van der Waals surface area contributed by atoms with Gasteiger partial charge in [0.25, 0.3) is 0 Å². The number of carbonyl (C=O) groups excluding carboxylic acids is 1. The summed E-state index contributed by atoms with van der Waals surface area (Å²) < 4.78 is 5.04. The maximum absolute atomic E-state index is 11.5. The Hall–Kier alpha value is -1.75. The van der Waals surface area contributed by atoms with E-state index in [1.54, 1.807) is 31.4 Å². The molecule has 0 aromatic heterocycles. The van der Waals surface area contributed by atoms with Crippen LogP contribution >= 0.6 is 0 Å². The number of benzene rings is 1. The molecule has 0 bridgehead atoms. The molecule has 0 aliphatic heterocycles. The van der Waals surface area contributed by atoms with E-state index in [2.05, 4.69) is 29.8 Å². The first-order chi connectivity index (χ1) is 8.61. The van der Waals surface area contributed by atoms with E-state index in [1.807, 2.05) is 0 Å². The minimum Gasteiger partial charge on any atom is -0.497 e. The molecule has 18 heavy (non-hydrogen) atoms. The van der Waals surface area contributed by atoms with Gasteiger partial charge in [0.15, 0.2) is 0 Å². The summed E-state index contributed by atoms with van der Waals surface area (Å²) in [6.45, 7) is 5.49. The van der Waals surface area contributed by atoms with Gasteiger partial charge in [-0.25, -0.2) is 4.79 Å². The Labute approximate surface area is 108 Å². The monoisotopic (exact) mass is 251 g/mol. The van der Waals surface area contributed by atoms with Crippen molar-refractivity contribution in [2.75, 3.05) is 25.5 Å². The van der Waals surface area contributed by atoms with E-state index in [4.69, 9.17) is 4.74 Å². The van der Waals surface area contributed by atoms with Crippen LogP contribution in [0.1, 0.15) is 13.8 Å². The molecule has 100 valence electrons. The van der Waals surface area contributed by atoms with Crippen LogP contribution in [0.4, 0.5) is 10.5 Å². The molecule has 2 amide bonds. The number of carbonyl (C=O) groups is 1. The Kier molecular flexibility index (Phi) is 6.00. The van der Waals surface area contributed by atoms with Gasteiger partial charge in [-0.15, -0.1) is 0 Å². The lowest BCUT2D eigenvalue weighted by molar-refractivity contribution is 0.252. The Morgan fingerprint density at radius 1 is 1.22 bits per heavy atom. The molecular weight excluding hydrogens is 230 g/mol. The van der Waals surface area contributed by atoms with Gasteiger partial charge in [0, 0.05) is 24.8 Å².